The topological polar surface area (TPSA) is 67.4 Å². The van der Waals surface area contributed by atoms with Gasteiger partial charge in [-0.2, -0.15) is 0 Å². The van der Waals surface area contributed by atoms with Crippen molar-refractivity contribution in [2.45, 2.75) is 6.92 Å². The van der Waals surface area contributed by atoms with E-state index >= 15 is 0 Å². The van der Waals surface area contributed by atoms with Crippen molar-refractivity contribution in [2.24, 2.45) is 0 Å². The molecule has 2 N–H and O–H groups in total. The van der Waals surface area contributed by atoms with Gasteiger partial charge in [0.15, 0.2) is 0 Å². The van der Waals surface area contributed by atoms with E-state index in [0.29, 0.717) is 12.2 Å². The van der Waals surface area contributed by atoms with Gasteiger partial charge in [-0.25, -0.2) is 0 Å². The molecule has 0 aliphatic rings. The van der Waals surface area contributed by atoms with Gasteiger partial charge in [-0.1, -0.05) is 18.2 Å². The molecule has 0 aromatic heterocycles. The lowest BCUT2D eigenvalue weighted by Crippen LogP contribution is -2.30. The molecule has 0 aliphatic heterocycles. The van der Waals surface area contributed by atoms with Crippen LogP contribution in [0.2, 0.25) is 0 Å². The Morgan fingerprint density at radius 1 is 0.955 bits per heavy atom. The van der Waals surface area contributed by atoms with E-state index in [1.54, 1.807) is 19.1 Å². The number of rotatable bonds is 6. The van der Waals surface area contributed by atoms with Crippen LogP contribution in [0.5, 0.6) is 0 Å². The quantitative estimate of drug-likeness (QED) is 0.805. The van der Waals surface area contributed by atoms with E-state index in [1.165, 1.54) is 0 Å². The summed E-state index contributed by atoms with van der Waals surface area (Å²) in [5.41, 5.74) is 2.35. The maximum atomic E-state index is 11.9. The van der Waals surface area contributed by atoms with Crippen LogP contribution in [0.3, 0.4) is 0 Å². The van der Waals surface area contributed by atoms with Gasteiger partial charge in [0.2, 0.25) is 0 Å². The minimum Gasteiger partial charge on any atom is -0.465 e. The minimum atomic E-state index is -0.446. The van der Waals surface area contributed by atoms with Gasteiger partial charge in [0.1, 0.15) is 6.54 Å². The van der Waals surface area contributed by atoms with Crippen molar-refractivity contribution in [3.8, 4) is 0 Å². The Morgan fingerprint density at radius 3 is 2.23 bits per heavy atom. The highest BCUT2D eigenvalue weighted by molar-refractivity contribution is 5.96. The molecule has 0 fully saturated rings. The first-order valence-electron chi connectivity index (χ1n) is 7.05. The van der Waals surface area contributed by atoms with Gasteiger partial charge < -0.3 is 15.4 Å². The SMILES string of the molecule is CCOC(=O)CNC(=O)c1ccc(Nc2ccccc2)cc1. The van der Waals surface area contributed by atoms with Crippen molar-refractivity contribution in [1.29, 1.82) is 0 Å². The third-order valence-corrected chi connectivity index (χ3v) is 2.91. The van der Waals surface area contributed by atoms with E-state index in [9.17, 15) is 9.59 Å². The molecule has 22 heavy (non-hydrogen) atoms. The lowest BCUT2D eigenvalue weighted by Gasteiger charge is -2.08. The maximum Gasteiger partial charge on any atom is 0.325 e. The fourth-order valence-electron chi connectivity index (χ4n) is 1.86. The fourth-order valence-corrected chi connectivity index (χ4v) is 1.86. The van der Waals surface area contributed by atoms with Gasteiger partial charge in [-0.3, -0.25) is 9.59 Å². The molecule has 0 spiro atoms. The Labute approximate surface area is 129 Å². The molecule has 0 aliphatic carbocycles. The molecule has 2 aromatic carbocycles. The van der Waals surface area contributed by atoms with Gasteiger partial charge in [0.05, 0.1) is 6.61 Å². The summed E-state index contributed by atoms with van der Waals surface area (Å²) in [4.78, 5) is 23.1. The van der Waals surface area contributed by atoms with Crippen LogP contribution in [-0.2, 0) is 9.53 Å². The van der Waals surface area contributed by atoms with Gasteiger partial charge >= 0.3 is 5.97 Å². The third-order valence-electron chi connectivity index (χ3n) is 2.91. The summed E-state index contributed by atoms with van der Waals surface area (Å²) in [6.45, 7) is 1.89. The number of carbonyl (C=O) groups is 2. The number of hydrogen-bond donors (Lipinski definition) is 2. The van der Waals surface area contributed by atoms with Crippen molar-refractivity contribution in [3.05, 3.63) is 60.2 Å². The number of benzene rings is 2. The highest BCUT2D eigenvalue weighted by Crippen LogP contribution is 2.16. The maximum absolute atomic E-state index is 11.9. The molecule has 2 aromatic rings. The summed E-state index contributed by atoms with van der Waals surface area (Å²) in [7, 11) is 0. The van der Waals surface area contributed by atoms with Crippen molar-refractivity contribution in [1.82, 2.24) is 5.32 Å². The van der Waals surface area contributed by atoms with Crippen LogP contribution in [-0.4, -0.2) is 25.0 Å². The monoisotopic (exact) mass is 298 g/mol. The van der Waals surface area contributed by atoms with Crippen molar-refractivity contribution < 1.29 is 14.3 Å². The standard InChI is InChI=1S/C17H18N2O3/c1-2-22-16(20)12-18-17(21)13-8-10-15(11-9-13)19-14-6-4-3-5-7-14/h3-11,19H,2,12H2,1H3,(H,18,21). The fraction of sp³-hybridized carbons (Fsp3) is 0.176. The Balaban J connectivity index is 1.91. The third kappa shape index (κ3) is 4.63. The normalized spacial score (nSPS) is 9.86. The first-order valence-corrected chi connectivity index (χ1v) is 7.05. The van der Waals surface area contributed by atoms with E-state index in [1.807, 2.05) is 42.5 Å². The molecular weight excluding hydrogens is 280 g/mol. The van der Waals surface area contributed by atoms with Crippen molar-refractivity contribution in [3.63, 3.8) is 0 Å². The Hall–Kier alpha value is -2.82. The summed E-state index contributed by atoms with van der Waals surface area (Å²) in [5.74, 6) is -0.752. The Kier molecular flexibility index (Phi) is 5.54. The number of hydrogen-bond acceptors (Lipinski definition) is 4. The number of esters is 1. The number of ether oxygens (including phenoxy) is 1. The second-order valence-corrected chi connectivity index (χ2v) is 4.56. The molecular formula is C17H18N2O3. The number of para-hydroxylation sites is 1. The average molecular weight is 298 g/mol. The largest absolute Gasteiger partial charge is 0.465 e. The second-order valence-electron chi connectivity index (χ2n) is 4.56. The summed E-state index contributed by atoms with van der Waals surface area (Å²) in [6.07, 6.45) is 0. The van der Waals surface area contributed by atoms with Crippen LogP contribution >= 0.6 is 0 Å². The highest BCUT2D eigenvalue weighted by Gasteiger charge is 2.08. The van der Waals surface area contributed by atoms with E-state index in [2.05, 4.69) is 10.6 Å². The molecule has 114 valence electrons. The second kappa shape index (κ2) is 7.83. The summed E-state index contributed by atoms with van der Waals surface area (Å²) < 4.78 is 4.75. The first-order chi connectivity index (χ1) is 10.7. The lowest BCUT2D eigenvalue weighted by atomic mass is 10.2. The molecule has 0 radical (unpaired) electrons. The molecule has 5 heteroatoms. The molecule has 0 unspecified atom stereocenters. The number of nitrogens with one attached hydrogen (secondary N) is 2. The zero-order chi connectivity index (χ0) is 15.8. The predicted molar refractivity (Wildman–Crippen MR) is 85.1 cm³/mol. The van der Waals surface area contributed by atoms with E-state index in [-0.39, 0.29) is 12.5 Å². The van der Waals surface area contributed by atoms with Crippen LogP contribution in [0.15, 0.2) is 54.6 Å². The molecule has 1 amide bonds. The van der Waals surface area contributed by atoms with Gasteiger partial charge in [-0.15, -0.1) is 0 Å². The van der Waals surface area contributed by atoms with Gasteiger partial charge in [0, 0.05) is 16.9 Å². The van der Waals surface area contributed by atoms with Crippen LogP contribution in [0.4, 0.5) is 11.4 Å². The highest BCUT2D eigenvalue weighted by atomic mass is 16.5. The molecule has 0 bridgehead atoms. The van der Waals surface area contributed by atoms with Crippen LogP contribution < -0.4 is 10.6 Å². The lowest BCUT2D eigenvalue weighted by molar-refractivity contribution is -0.141. The Morgan fingerprint density at radius 2 is 1.59 bits per heavy atom. The number of carbonyl (C=O) groups excluding carboxylic acids is 2. The first kappa shape index (κ1) is 15.6. The molecule has 0 saturated heterocycles. The number of anilines is 2. The average Bonchev–Trinajstić information content (AvgIpc) is 2.54. The van der Waals surface area contributed by atoms with Gasteiger partial charge in [-0.05, 0) is 43.3 Å². The predicted octanol–water partition coefficient (Wildman–Crippen LogP) is 2.72. The summed E-state index contributed by atoms with van der Waals surface area (Å²) in [5, 5.41) is 5.75. The molecule has 0 heterocycles. The van der Waals surface area contributed by atoms with Crippen molar-refractivity contribution >= 4 is 23.3 Å². The zero-order valence-electron chi connectivity index (χ0n) is 12.3. The zero-order valence-corrected chi connectivity index (χ0v) is 12.3. The smallest absolute Gasteiger partial charge is 0.325 e. The van der Waals surface area contributed by atoms with Gasteiger partial charge in [0.25, 0.3) is 5.91 Å². The van der Waals surface area contributed by atoms with E-state index < -0.39 is 5.97 Å². The molecule has 2 rings (SSSR count). The van der Waals surface area contributed by atoms with E-state index in [0.717, 1.165) is 11.4 Å². The molecule has 0 atom stereocenters. The minimum absolute atomic E-state index is 0.128. The van der Waals surface area contributed by atoms with Crippen molar-refractivity contribution in [2.75, 3.05) is 18.5 Å². The summed E-state index contributed by atoms with van der Waals surface area (Å²) >= 11 is 0. The van der Waals surface area contributed by atoms with Crippen LogP contribution in [0.1, 0.15) is 17.3 Å². The van der Waals surface area contributed by atoms with Crippen LogP contribution in [0, 0.1) is 0 Å². The van der Waals surface area contributed by atoms with Crippen LogP contribution in [0.25, 0.3) is 0 Å². The Bertz CT molecular complexity index is 624. The number of amides is 1. The summed E-state index contributed by atoms with van der Waals surface area (Å²) in [6, 6.07) is 16.8. The molecule has 0 saturated carbocycles. The molecule has 5 nitrogen and oxygen atoms in total. The van der Waals surface area contributed by atoms with E-state index in [4.69, 9.17) is 4.74 Å².